The fourth-order valence-electron chi connectivity index (χ4n) is 4.37. The number of carbonyl (C=O) groups excluding carboxylic acids is 3. The number of nitrogens with one attached hydrogen (secondary N) is 2. The van der Waals surface area contributed by atoms with Crippen LogP contribution >= 0.6 is 0 Å². The number of hydrogen-bond acceptors (Lipinski definition) is 3. The van der Waals surface area contributed by atoms with E-state index in [1.807, 2.05) is 47.4 Å². The van der Waals surface area contributed by atoms with E-state index in [1.165, 1.54) is 0 Å². The highest BCUT2D eigenvalue weighted by molar-refractivity contribution is 5.92. The van der Waals surface area contributed by atoms with Crippen molar-refractivity contribution in [2.75, 3.05) is 6.54 Å². The molecule has 6 nitrogen and oxygen atoms in total. The lowest BCUT2D eigenvalue weighted by Gasteiger charge is -2.23. The smallest absolute Gasteiger partial charge is 0.243 e. The van der Waals surface area contributed by atoms with Gasteiger partial charge in [-0.2, -0.15) is 0 Å². The molecule has 2 fully saturated rings. The van der Waals surface area contributed by atoms with Gasteiger partial charge < -0.3 is 4.90 Å². The molecule has 0 spiro atoms. The van der Waals surface area contributed by atoms with E-state index in [0.29, 0.717) is 6.54 Å². The van der Waals surface area contributed by atoms with Crippen LogP contribution in [0.3, 0.4) is 0 Å². The quantitative estimate of drug-likeness (QED) is 0.801. The number of benzene rings is 2. The Balaban J connectivity index is 1.31. The van der Waals surface area contributed by atoms with E-state index in [4.69, 9.17) is 0 Å². The number of amides is 3. The zero-order valence-corrected chi connectivity index (χ0v) is 15.8. The van der Waals surface area contributed by atoms with Gasteiger partial charge in [-0.25, -0.2) is 0 Å². The van der Waals surface area contributed by atoms with E-state index in [9.17, 15) is 14.4 Å². The summed E-state index contributed by atoms with van der Waals surface area (Å²) in [6.45, 7) is 0.453. The van der Waals surface area contributed by atoms with Crippen LogP contribution in [0.4, 0.5) is 0 Å². The second-order valence-corrected chi connectivity index (χ2v) is 7.74. The molecule has 0 aromatic heterocycles. The first kappa shape index (κ1) is 18.5. The van der Waals surface area contributed by atoms with Crippen molar-refractivity contribution in [1.29, 1.82) is 0 Å². The van der Waals surface area contributed by atoms with E-state index in [-0.39, 0.29) is 36.6 Å². The molecule has 3 amide bonds. The maximum atomic E-state index is 12.4. The molecule has 1 heterocycles. The monoisotopic (exact) mass is 379 g/mol. The molecule has 1 saturated carbocycles. The van der Waals surface area contributed by atoms with Crippen LogP contribution in [-0.2, 0) is 20.8 Å². The van der Waals surface area contributed by atoms with Gasteiger partial charge in [0.25, 0.3) is 0 Å². The van der Waals surface area contributed by atoms with Crippen molar-refractivity contribution >= 4 is 28.5 Å². The Morgan fingerprint density at radius 1 is 1.00 bits per heavy atom. The first-order valence-corrected chi connectivity index (χ1v) is 9.96. The van der Waals surface area contributed by atoms with Crippen molar-refractivity contribution in [2.24, 2.45) is 5.92 Å². The number of hydrogen-bond donors (Lipinski definition) is 2. The third-order valence-corrected chi connectivity index (χ3v) is 5.85. The number of rotatable bonds is 4. The van der Waals surface area contributed by atoms with Crippen LogP contribution in [0, 0.1) is 5.92 Å². The Bertz CT molecular complexity index is 900. The molecular formula is C22H25N3O3. The molecule has 0 bridgehead atoms. The molecule has 2 aliphatic rings. The lowest BCUT2D eigenvalue weighted by atomic mass is 10.0. The van der Waals surface area contributed by atoms with Gasteiger partial charge in [0.2, 0.25) is 17.7 Å². The average molecular weight is 379 g/mol. The molecule has 2 aromatic rings. The van der Waals surface area contributed by atoms with Crippen molar-refractivity contribution in [3.63, 3.8) is 0 Å². The standard InChI is InChI=1S/C22H25N3O3/c26-20(12-16-8-5-7-15-6-1-4-11-19(15)16)23-24-22(28)17-13-21(27)25(14-17)18-9-2-3-10-18/h1,4-8,11,17-18H,2-3,9-10,12-14H2,(H,23,26)(H,24,28). The minimum absolute atomic E-state index is 0.0501. The van der Waals surface area contributed by atoms with Gasteiger partial charge in [-0.3, -0.25) is 25.2 Å². The van der Waals surface area contributed by atoms with Gasteiger partial charge in [0, 0.05) is 19.0 Å². The number of nitrogens with zero attached hydrogens (tertiary/aromatic N) is 1. The summed E-state index contributed by atoms with van der Waals surface area (Å²) >= 11 is 0. The minimum atomic E-state index is -0.397. The van der Waals surface area contributed by atoms with E-state index in [1.54, 1.807) is 0 Å². The van der Waals surface area contributed by atoms with Crippen LogP contribution in [0.5, 0.6) is 0 Å². The highest BCUT2D eigenvalue weighted by atomic mass is 16.2. The van der Waals surface area contributed by atoms with E-state index < -0.39 is 5.92 Å². The van der Waals surface area contributed by atoms with Crippen LogP contribution in [0.15, 0.2) is 42.5 Å². The molecule has 28 heavy (non-hydrogen) atoms. The normalized spacial score (nSPS) is 19.9. The number of likely N-dealkylation sites (tertiary alicyclic amines) is 1. The predicted octanol–water partition coefficient (Wildman–Crippen LogP) is 2.32. The fraction of sp³-hybridized carbons (Fsp3) is 0.409. The molecule has 2 aromatic carbocycles. The molecule has 1 aliphatic carbocycles. The summed E-state index contributed by atoms with van der Waals surface area (Å²) in [5, 5.41) is 2.10. The topological polar surface area (TPSA) is 78.5 Å². The van der Waals surface area contributed by atoms with Gasteiger partial charge in [0.1, 0.15) is 0 Å². The van der Waals surface area contributed by atoms with Crippen LogP contribution in [0.2, 0.25) is 0 Å². The Labute approximate surface area is 164 Å². The summed E-state index contributed by atoms with van der Waals surface area (Å²) in [5.74, 6) is -0.915. The Hall–Kier alpha value is -2.89. The number of carbonyl (C=O) groups is 3. The lowest BCUT2D eigenvalue weighted by Crippen LogP contribution is -2.46. The van der Waals surface area contributed by atoms with Gasteiger partial charge in [-0.1, -0.05) is 55.3 Å². The first-order chi connectivity index (χ1) is 13.6. The molecule has 1 unspecified atom stereocenters. The summed E-state index contributed by atoms with van der Waals surface area (Å²) < 4.78 is 0. The molecule has 2 N–H and O–H groups in total. The van der Waals surface area contributed by atoms with E-state index in [0.717, 1.165) is 42.0 Å². The number of hydrazine groups is 1. The maximum absolute atomic E-state index is 12.4. The summed E-state index contributed by atoms with van der Waals surface area (Å²) in [6.07, 6.45) is 4.76. The minimum Gasteiger partial charge on any atom is -0.339 e. The second kappa shape index (κ2) is 8.00. The summed E-state index contributed by atoms with van der Waals surface area (Å²) in [7, 11) is 0. The van der Waals surface area contributed by atoms with Gasteiger partial charge in [0.05, 0.1) is 12.3 Å². The summed E-state index contributed by atoms with van der Waals surface area (Å²) in [6, 6.07) is 14.0. The van der Waals surface area contributed by atoms with Crippen molar-refractivity contribution < 1.29 is 14.4 Å². The highest BCUT2D eigenvalue weighted by Crippen LogP contribution is 2.29. The van der Waals surface area contributed by atoms with E-state index in [2.05, 4.69) is 10.9 Å². The molecule has 1 aliphatic heterocycles. The zero-order valence-electron chi connectivity index (χ0n) is 15.8. The third-order valence-electron chi connectivity index (χ3n) is 5.85. The third kappa shape index (κ3) is 3.86. The molecule has 1 saturated heterocycles. The maximum Gasteiger partial charge on any atom is 0.243 e. The highest BCUT2D eigenvalue weighted by Gasteiger charge is 2.38. The van der Waals surface area contributed by atoms with Gasteiger partial charge >= 0.3 is 0 Å². The first-order valence-electron chi connectivity index (χ1n) is 9.96. The predicted molar refractivity (Wildman–Crippen MR) is 106 cm³/mol. The van der Waals surface area contributed by atoms with Crippen LogP contribution in [0.1, 0.15) is 37.7 Å². The summed E-state index contributed by atoms with van der Waals surface area (Å²) in [4.78, 5) is 38.8. The van der Waals surface area contributed by atoms with Gasteiger partial charge in [0.15, 0.2) is 0 Å². The van der Waals surface area contributed by atoms with Crippen molar-refractivity contribution in [1.82, 2.24) is 15.8 Å². The molecule has 6 heteroatoms. The Morgan fingerprint density at radius 2 is 1.75 bits per heavy atom. The summed E-state index contributed by atoms with van der Waals surface area (Å²) in [5.41, 5.74) is 5.92. The van der Waals surface area contributed by atoms with Crippen molar-refractivity contribution in [3.8, 4) is 0 Å². The van der Waals surface area contributed by atoms with Crippen LogP contribution < -0.4 is 10.9 Å². The van der Waals surface area contributed by atoms with Crippen LogP contribution in [-0.4, -0.2) is 35.2 Å². The Kier molecular flexibility index (Phi) is 5.28. The number of fused-ring (bicyclic) bond motifs is 1. The molecular weight excluding hydrogens is 354 g/mol. The molecule has 146 valence electrons. The van der Waals surface area contributed by atoms with Crippen LogP contribution in [0.25, 0.3) is 10.8 Å². The fourth-order valence-corrected chi connectivity index (χ4v) is 4.37. The van der Waals surface area contributed by atoms with E-state index >= 15 is 0 Å². The van der Waals surface area contributed by atoms with Crippen molar-refractivity contribution in [3.05, 3.63) is 48.0 Å². The molecule has 1 atom stereocenters. The van der Waals surface area contributed by atoms with Gasteiger partial charge in [-0.05, 0) is 29.2 Å². The largest absolute Gasteiger partial charge is 0.339 e. The average Bonchev–Trinajstić information content (AvgIpc) is 3.36. The second-order valence-electron chi connectivity index (χ2n) is 7.74. The SMILES string of the molecule is O=C(Cc1cccc2ccccc12)NNC(=O)C1CC(=O)N(C2CCCC2)C1. The molecule has 4 rings (SSSR count). The molecule has 0 radical (unpaired) electrons. The zero-order chi connectivity index (χ0) is 19.5. The Morgan fingerprint density at radius 3 is 2.57 bits per heavy atom. The lowest BCUT2D eigenvalue weighted by molar-refractivity contribution is -0.131. The van der Waals surface area contributed by atoms with Crippen molar-refractivity contribution in [2.45, 2.75) is 44.6 Å². The van der Waals surface area contributed by atoms with Gasteiger partial charge in [-0.15, -0.1) is 0 Å².